The highest BCUT2D eigenvalue weighted by Gasteiger charge is 2.22. The first-order chi connectivity index (χ1) is 14.9. The topological polar surface area (TPSA) is 68.5 Å². The van der Waals surface area contributed by atoms with Gasteiger partial charge in [0.2, 0.25) is 0 Å². The van der Waals surface area contributed by atoms with Crippen LogP contribution in [-0.2, 0) is 0 Å². The van der Waals surface area contributed by atoms with Crippen molar-refractivity contribution in [3.63, 3.8) is 0 Å². The molecule has 0 saturated carbocycles. The van der Waals surface area contributed by atoms with Crippen LogP contribution in [0.5, 0.6) is 5.75 Å². The van der Waals surface area contributed by atoms with E-state index < -0.39 is 12.3 Å². The zero-order chi connectivity index (χ0) is 22.1. The van der Waals surface area contributed by atoms with Gasteiger partial charge >= 0.3 is 0 Å². The molecule has 0 aliphatic rings. The maximum Gasteiger partial charge on any atom is 0.280 e. The van der Waals surface area contributed by atoms with Gasteiger partial charge < -0.3 is 10.1 Å². The van der Waals surface area contributed by atoms with E-state index in [-0.39, 0.29) is 16.9 Å². The number of rotatable bonds is 5. The largest absolute Gasteiger partial charge is 0.495 e. The first-order valence-electron chi connectivity index (χ1n) is 9.57. The van der Waals surface area contributed by atoms with E-state index in [1.165, 1.54) is 19.4 Å². The van der Waals surface area contributed by atoms with Gasteiger partial charge in [0, 0.05) is 5.56 Å². The van der Waals surface area contributed by atoms with Gasteiger partial charge in [0.1, 0.15) is 17.0 Å². The third-order valence-corrected chi connectivity index (χ3v) is 4.92. The molecule has 0 aliphatic carbocycles. The molecule has 31 heavy (non-hydrogen) atoms. The summed E-state index contributed by atoms with van der Waals surface area (Å²) in [6, 6.07) is 14.0. The number of hydrogen-bond acceptors (Lipinski definition) is 4. The highest BCUT2D eigenvalue weighted by molar-refractivity contribution is 6.09. The van der Waals surface area contributed by atoms with E-state index in [4.69, 9.17) is 4.74 Å². The molecule has 2 heterocycles. The van der Waals surface area contributed by atoms with Crippen LogP contribution in [0.4, 0.5) is 14.5 Å². The number of benzene rings is 2. The van der Waals surface area contributed by atoms with E-state index in [0.29, 0.717) is 22.7 Å². The van der Waals surface area contributed by atoms with Gasteiger partial charge in [0.05, 0.1) is 24.7 Å². The lowest BCUT2D eigenvalue weighted by Crippen LogP contribution is -2.13. The molecule has 4 aromatic rings. The SMILES string of the molecule is COc1ccc(C)cc1NC(=O)c1cnn2c(C(F)F)cc(-c3ccc(C)cc3)nc12. The zero-order valence-corrected chi connectivity index (χ0v) is 17.2. The number of hydrogen-bond donors (Lipinski definition) is 1. The summed E-state index contributed by atoms with van der Waals surface area (Å²) in [6.07, 6.45) is -1.55. The number of amides is 1. The van der Waals surface area contributed by atoms with Crippen LogP contribution in [0.1, 0.15) is 33.6 Å². The van der Waals surface area contributed by atoms with Gasteiger partial charge in [0.25, 0.3) is 12.3 Å². The Kier molecular flexibility index (Phi) is 5.37. The highest BCUT2D eigenvalue weighted by atomic mass is 19.3. The molecule has 0 unspecified atom stereocenters. The van der Waals surface area contributed by atoms with E-state index in [0.717, 1.165) is 15.6 Å². The second-order valence-corrected chi connectivity index (χ2v) is 7.18. The maximum absolute atomic E-state index is 13.8. The number of nitrogens with zero attached hydrogens (tertiary/aromatic N) is 3. The van der Waals surface area contributed by atoms with Crippen LogP contribution in [0, 0.1) is 13.8 Å². The van der Waals surface area contributed by atoms with Crippen molar-refractivity contribution in [2.24, 2.45) is 0 Å². The van der Waals surface area contributed by atoms with Crippen LogP contribution in [0.2, 0.25) is 0 Å². The summed E-state index contributed by atoms with van der Waals surface area (Å²) in [5.74, 6) is -0.0373. The number of ether oxygens (including phenoxy) is 1. The number of aryl methyl sites for hydroxylation is 2. The fraction of sp³-hybridized carbons (Fsp3) is 0.174. The summed E-state index contributed by atoms with van der Waals surface area (Å²) in [5, 5.41) is 6.76. The smallest absolute Gasteiger partial charge is 0.280 e. The monoisotopic (exact) mass is 422 g/mol. The summed E-state index contributed by atoms with van der Waals surface area (Å²) in [5.41, 5.74) is 3.24. The van der Waals surface area contributed by atoms with Gasteiger partial charge in [-0.25, -0.2) is 18.3 Å². The number of fused-ring (bicyclic) bond motifs is 1. The van der Waals surface area contributed by atoms with Gasteiger partial charge in [0.15, 0.2) is 5.65 Å². The Hall–Kier alpha value is -3.81. The summed E-state index contributed by atoms with van der Waals surface area (Å²) in [7, 11) is 1.50. The second kappa shape index (κ2) is 8.14. The Bertz CT molecular complexity index is 1270. The highest BCUT2D eigenvalue weighted by Crippen LogP contribution is 2.29. The quantitative estimate of drug-likeness (QED) is 0.479. The molecule has 0 aliphatic heterocycles. The Balaban J connectivity index is 1.81. The van der Waals surface area contributed by atoms with Crippen LogP contribution in [0.3, 0.4) is 0 Å². The molecule has 2 aromatic carbocycles. The van der Waals surface area contributed by atoms with Crippen molar-refractivity contribution < 1.29 is 18.3 Å². The minimum absolute atomic E-state index is 0.0532. The molecule has 0 saturated heterocycles. The normalized spacial score (nSPS) is 11.2. The number of carbonyl (C=O) groups is 1. The molecule has 0 bridgehead atoms. The standard InChI is InChI=1S/C23H20F2N4O2/c1-13-4-7-15(8-5-13)17-11-19(21(24)25)29-22(27-17)16(12-26-29)23(30)28-18-10-14(2)6-9-20(18)31-3/h4-12,21H,1-3H3,(H,28,30). The van der Waals surface area contributed by atoms with E-state index in [9.17, 15) is 13.6 Å². The van der Waals surface area contributed by atoms with Crippen molar-refractivity contribution in [2.75, 3.05) is 12.4 Å². The molecule has 2 aromatic heterocycles. The van der Waals surface area contributed by atoms with Crippen LogP contribution in [0.15, 0.2) is 54.7 Å². The van der Waals surface area contributed by atoms with Crippen LogP contribution >= 0.6 is 0 Å². The van der Waals surface area contributed by atoms with Crippen molar-refractivity contribution in [1.29, 1.82) is 0 Å². The molecule has 6 nitrogen and oxygen atoms in total. The molecule has 0 fully saturated rings. The first-order valence-corrected chi connectivity index (χ1v) is 9.57. The van der Waals surface area contributed by atoms with Crippen molar-refractivity contribution in [2.45, 2.75) is 20.3 Å². The fourth-order valence-corrected chi connectivity index (χ4v) is 3.28. The zero-order valence-electron chi connectivity index (χ0n) is 17.2. The predicted octanol–water partition coefficient (Wildman–Crippen LogP) is 5.21. The number of methoxy groups -OCH3 is 1. The second-order valence-electron chi connectivity index (χ2n) is 7.18. The molecular formula is C23H20F2N4O2. The number of anilines is 1. The minimum Gasteiger partial charge on any atom is -0.495 e. The van der Waals surface area contributed by atoms with Crippen LogP contribution in [0.25, 0.3) is 16.9 Å². The number of carbonyl (C=O) groups excluding carboxylic acids is 1. The average Bonchev–Trinajstić information content (AvgIpc) is 3.17. The number of halogens is 2. The Labute approximate surface area is 177 Å². The molecule has 0 atom stereocenters. The van der Waals surface area contributed by atoms with Crippen molar-refractivity contribution in [3.05, 3.63) is 77.1 Å². The molecule has 0 spiro atoms. The van der Waals surface area contributed by atoms with E-state index in [1.54, 1.807) is 24.3 Å². The van der Waals surface area contributed by atoms with Gasteiger partial charge in [-0.2, -0.15) is 5.10 Å². The van der Waals surface area contributed by atoms with Gasteiger partial charge in [-0.3, -0.25) is 4.79 Å². The maximum atomic E-state index is 13.8. The van der Waals surface area contributed by atoms with Gasteiger partial charge in [-0.15, -0.1) is 0 Å². The lowest BCUT2D eigenvalue weighted by molar-refractivity contribution is 0.102. The third-order valence-electron chi connectivity index (χ3n) is 4.92. The summed E-state index contributed by atoms with van der Waals surface area (Å²) < 4.78 is 33.8. The van der Waals surface area contributed by atoms with Gasteiger partial charge in [-0.1, -0.05) is 35.9 Å². The molecule has 0 radical (unpaired) electrons. The fourth-order valence-electron chi connectivity index (χ4n) is 3.28. The predicted molar refractivity (Wildman–Crippen MR) is 114 cm³/mol. The Morgan fingerprint density at radius 2 is 1.77 bits per heavy atom. The lowest BCUT2D eigenvalue weighted by atomic mass is 10.1. The summed E-state index contributed by atoms with van der Waals surface area (Å²) in [4.78, 5) is 17.5. The number of aromatic nitrogens is 3. The van der Waals surface area contributed by atoms with Crippen LogP contribution in [-0.4, -0.2) is 27.6 Å². The lowest BCUT2D eigenvalue weighted by Gasteiger charge is -2.11. The summed E-state index contributed by atoms with van der Waals surface area (Å²) in [6.45, 7) is 3.82. The molecule has 1 N–H and O–H groups in total. The molecule has 1 amide bonds. The van der Waals surface area contributed by atoms with Gasteiger partial charge in [-0.05, 0) is 37.6 Å². The average molecular weight is 422 g/mol. The summed E-state index contributed by atoms with van der Waals surface area (Å²) >= 11 is 0. The molecule has 4 rings (SSSR count). The van der Waals surface area contributed by atoms with Crippen LogP contribution < -0.4 is 10.1 Å². The number of alkyl halides is 2. The Morgan fingerprint density at radius 1 is 1.06 bits per heavy atom. The molecular weight excluding hydrogens is 402 g/mol. The van der Waals surface area contributed by atoms with Crippen molar-refractivity contribution in [3.8, 4) is 17.0 Å². The van der Waals surface area contributed by atoms with E-state index >= 15 is 0 Å². The Morgan fingerprint density at radius 3 is 2.45 bits per heavy atom. The van der Waals surface area contributed by atoms with Crippen molar-refractivity contribution in [1.82, 2.24) is 14.6 Å². The first kappa shape index (κ1) is 20.5. The third kappa shape index (κ3) is 3.96. The van der Waals surface area contributed by atoms with Crippen molar-refractivity contribution >= 4 is 17.2 Å². The molecule has 158 valence electrons. The van der Waals surface area contributed by atoms with E-state index in [1.807, 2.05) is 32.0 Å². The van der Waals surface area contributed by atoms with E-state index in [2.05, 4.69) is 15.4 Å². The molecule has 8 heteroatoms. The minimum atomic E-state index is -2.79. The number of nitrogens with one attached hydrogen (secondary N) is 1.